The standard InChI is InChI=1S/C23H31F3N2/c1-4-18-8-10-19(11-9-18)14-27-15-20-12-16(2)28(17(20)3)22-7-5-6-21(13-22)23(24,25)26/h5-7,12-13,18-19,27H,4,8-11,14-15H2,1-3H3. The van der Waals surface area contributed by atoms with E-state index < -0.39 is 11.7 Å². The largest absolute Gasteiger partial charge is 0.416 e. The predicted octanol–water partition coefficient (Wildman–Crippen LogP) is 6.42. The van der Waals surface area contributed by atoms with Crippen LogP contribution in [0.5, 0.6) is 0 Å². The van der Waals surface area contributed by atoms with Crippen molar-refractivity contribution in [3.63, 3.8) is 0 Å². The summed E-state index contributed by atoms with van der Waals surface area (Å²) in [5.41, 5.74) is 3.06. The monoisotopic (exact) mass is 392 g/mol. The van der Waals surface area contributed by atoms with E-state index in [1.807, 2.05) is 18.4 Å². The molecule has 1 fully saturated rings. The molecule has 1 aliphatic carbocycles. The van der Waals surface area contributed by atoms with Gasteiger partial charge < -0.3 is 9.88 Å². The number of nitrogens with zero attached hydrogens (tertiary/aromatic N) is 1. The Morgan fingerprint density at radius 1 is 1.04 bits per heavy atom. The Labute approximate surface area is 166 Å². The van der Waals surface area contributed by atoms with Crippen molar-refractivity contribution in [2.24, 2.45) is 11.8 Å². The van der Waals surface area contributed by atoms with Gasteiger partial charge >= 0.3 is 6.18 Å². The molecule has 0 aliphatic heterocycles. The zero-order chi connectivity index (χ0) is 20.3. The molecule has 1 aromatic carbocycles. The van der Waals surface area contributed by atoms with Crippen molar-refractivity contribution in [1.82, 2.24) is 9.88 Å². The lowest BCUT2D eigenvalue weighted by atomic mass is 9.81. The van der Waals surface area contributed by atoms with Crippen LogP contribution >= 0.6 is 0 Å². The molecule has 2 aromatic rings. The zero-order valence-corrected chi connectivity index (χ0v) is 17.1. The van der Waals surface area contributed by atoms with E-state index in [4.69, 9.17) is 0 Å². The average molecular weight is 393 g/mol. The van der Waals surface area contributed by atoms with E-state index in [1.54, 1.807) is 6.07 Å². The molecule has 3 rings (SSSR count). The Morgan fingerprint density at radius 3 is 2.36 bits per heavy atom. The molecule has 5 heteroatoms. The topological polar surface area (TPSA) is 17.0 Å². The van der Waals surface area contributed by atoms with Crippen LogP contribution in [0.4, 0.5) is 13.2 Å². The number of halogens is 3. The summed E-state index contributed by atoms with van der Waals surface area (Å²) >= 11 is 0. The first-order valence-electron chi connectivity index (χ1n) is 10.4. The molecule has 0 radical (unpaired) electrons. The lowest BCUT2D eigenvalue weighted by Crippen LogP contribution is -2.26. The summed E-state index contributed by atoms with van der Waals surface area (Å²) in [6.45, 7) is 7.99. The van der Waals surface area contributed by atoms with Gasteiger partial charge in [-0.2, -0.15) is 13.2 Å². The van der Waals surface area contributed by atoms with Gasteiger partial charge in [0.25, 0.3) is 0 Å². The zero-order valence-electron chi connectivity index (χ0n) is 17.1. The highest BCUT2D eigenvalue weighted by molar-refractivity contribution is 5.43. The van der Waals surface area contributed by atoms with Crippen LogP contribution in [0.25, 0.3) is 5.69 Å². The minimum absolute atomic E-state index is 0.564. The van der Waals surface area contributed by atoms with Crippen molar-refractivity contribution < 1.29 is 13.2 Å². The van der Waals surface area contributed by atoms with Crippen LogP contribution < -0.4 is 5.32 Å². The van der Waals surface area contributed by atoms with E-state index in [9.17, 15) is 13.2 Å². The van der Waals surface area contributed by atoms with Gasteiger partial charge in [0.2, 0.25) is 0 Å². The third-order valence-electron chi connectivity index (χ3n) is 6.26. The van der Waals surface area contributed by atoms with Crippen molar-refractivity contribution in [3.05, 3.63) is 52.8 Å². The van der Waals surface area contributed by atoms with Gasteiger partial charge in [-0.25, -0.2) is 0 Å². The van der Waals surface area contributed by atoms with E-state index in [0.717, 1.165) is 47.9 Å². The van der Waals surface area contributed by atoms with Crippen LogP contribution in [0.3, 0.4) is 0 Å². The molecule has 0 bridgehead atoms. The van der Waals surface area contributed by atoms with Crippen LogP contribution in [0.15, 0.2) is 30.3 Å². The van der Waals surface area contributed by atoms with Crippen LogP contribution in [-0.2, 0) is 12.7 Å². The number of benzene rings is 1. The van der Waals surface area contributed by atoms with Crippen molar-refractivity contribution in [2.45, 2.75) is 65.6 Å². The quantitative estimate of drug-likeness (QED) is 0.600. The predicted molar refractivity (Wildman–Crippen MR) is 108 cm³/mol. The van der Waals surface area contributed by atoms with Crippen LogP contribution in [0, 0.1) is 25.7 Å². The maximum absolute atomic E-state index is 13.1. The van der Waals surface area contributed by atoms with Gasteiger partial charge in [0.15, 0.2) is 0 Å². The van der Waals surface area contributed by atoms with Gasteiger partial charge in [-0.05, 0) is 74.9 Å². The highest BCUT2D eigenvalue weighted by Crippen LogP contribution is 2.32. The van der Waals surface area contributed by atoms with Gasteiger partial charge in [0, 0.05) is 23.6 Å². The van der Waals surface area contributed by atoms with Crippen molar-refractivity contribution >= 4 is 0 Å². The molecule has 0 amide bonds. The molecule has 0 unspecified atom stereocenters. The van der Waals surface area contributed by atoms with Crippen LogP contribution in [-0.4, -0.2) is 11.1 Å². The molecule has 0 spiro atoms. The molecule has 1 saturated carbocycles. The highest BCUT2D eigenvalue weighted by Gasteiger charge is 2.30. The molecule has 1 heterocycles. The second kappa shape index (κ2) is 8.73. The summed E-state index contributed by atoms with van der Waals surface area (Å²) in [6.07, 6.45) is 2.25. The third kappa shape index (κ3) is 4.80. The fraction of sp³-hybridized carbons (Fsp3) is 0.565. The molecular formula is C23H31F3N2. The second-order valence-electron chi connectivity index (χ2n) is 8.21. The Morgan fingerprint density at radius 2 is 1.71 bits per heavy atom. The second-order valence-corrected chi connectivity index (χ2v) is 8.21. The number of alkyl halides is 3. The Hall–Kier alpha value is -1.75. The SMILES string of the molecule is CCC1CCC(CNCc2cc(C)n(-c3cccc(C(F)(F)F)c3)c2C)CC1. The lowest BCUT2D eigenvalue weighted by Gasteiger charge is -2.27. The van der Waals surface area contributed by atoms with E-state index in [2.05, 4.69) is 18.3 Å². The van der Waals surface area contributed by atoms with Gasteiger partial charge in [-0.1, -0.05) is 32.3 Å². The summed E-state index contributed by atoms with van der Waals surface area (Å²) in [6, 6.07) is 7.63. The van der Waals surface area contributed by atoms with Crippen molar-refractivity contribution in [2.75, 3.05) is 6.54 Å². The fourth-order valence-corrected chi connectivity index (χ4v) is 4.48. The molecule has 1 aromatic heterocycles. The summed E-state index contributed by atoms with van der Waals surface area (Å²) in [5.74, 6) is 1.65. The minimum atomic E-state index is -4.33. The van der Waals surface area contributed by atoms with Crippen molar-refractivity contribution in [1.29, 1.82) is 0 Å². The maximum atomic E-state index is 13.1. The summed E-state index contributed by atoms with van der Waals surface area (Å²) in [4.78, 5) is 0. The molecule has 28 heavy (non-hydrogen) atoms. The molecular weight excluding hydrogens is 361 g/mol. The van der Waals surface area contributed by atoms with E-state index in [1.165, 1.54) is 44.2 Å². The van der Waals surface area contributed by atoms with Crippen molar-refractivity contribution in [3.8, 4) is 5.69 Å². The Kier molecular flexibility index (Phi) is 6.54. The molecule has 1 aliphatic rings. The summed E-state index contributed by atoms with van der Waals surface area (Å²) in [5, 5.41) is 3.58. The number of nitrogens with one attached hydrogen (secondary N) is 1. The first-order valence-corrected chi connectivity index (χ1v) is 10.4. The normalized spacial score (nSPS) is 20.5. The summed E-state index contributed by atoms with van der Waals surface area (Å²) in [7, 11) is 0. The Bertz CT molecular complexity index is 784. The Balaban J connectivity index is 1.66. The molecule has 0 atom stereocenters. The number of hydrogen-bond acceptors (Lipinski definition) is 1. The highest BCUT2D eigenvalue weighted by atomic mass is 19.4. The minimum Gasteiger partial charge on any atom is -0.318 e. The first-order chi connectivity index (χ1) is 13.3. The first kappa shape index (κ1) is 21.0. The average Bonchev–Trinajstić information content (AvgIpc) is 2.95. The lowest BCUT2D eigenvalue weighted by molar-refractivity contribution is -0.137. The van der Waals surface area contributed by atoms with E-state index in [-0.39, 0.29) is 0 Å². The van der Waals surface area contributed by atoms with Crippen LogP contribution in [0.2, 0.25) is 0 Å². The molecule has 1 N–H and O–H groups in total. The van der Waals surface area contributed by atoms with Gasteiger partial charge in [0.05, 0.1) is 5.56 Å². The number of aromatic nitrogens is 1. The summed E-state index contributed by atoms with van der Waals surface area (Å²) < 4.78 is 41.1. The molecule has 154 valence electrons. The van der Waals surface area contributed by atoms with E-state index in [0.29, 0.717) is 5.69 Å². The number of hydrogen-bond donors (Lipinski definition) is 1. The van der Waals surface area contributed by atoms with Gasteiger partial charge in [-0.3, -0.25) is 0 Å². The smallest absolute Gasteiger partial charge is 0.318 e. The third-order valence-corrected chi connectivity index (χ3v) is 6.26. The van der Waals surface area contributed by atoms with Crippen LogP contribution in [0.1, 0.15) is 61.5 Å². The van der Waals surface area contributed by atoms with E-state index >= 15 is 0 Å². The number of rotatable bonds is 6. The van der Waals surface area contributed by atoms with Gasteiger partial charge in [0.1, 0.15) is 0 Å². The van der Waals surface area contributed by atoms with Gasteiger partial charge in [-0.15, -0.1) is 0 Å². The maximum Gasteiger partial charge on any atom is 0.416 e. The fourth-order valence-electron chi connectivity index (χ4n) is 4.48. The number of aryl methyl sites for hydroxylation is 1. The molecule has 0 saturated heterocycles. The molecule has 2 nitrogen and oxygen atoms in total.